The molecule has 22 heavy (non-hydrogen) atoms. The van der Waals surface area contributed by atoms with E-state index in [1.54, 1.807) is 18.3 Å². The number of nitrogens with two attached hydrogens (primary N) is 2. The maximum absolute atomic E-state index is 10.3. The van der Waals surface area contributed by atoms with Crippen LogP contribution in [-0.4, -0.2) is 22.7 Å². The summed E-state index contributed by atoms with van der Waals surface area (Å²) in [7, 11) is 0. The maximum atomic E-state index is 10.3. The molecule has 1 amide bonds. The fourth-order valence-corrected chi connectivity index (χ4v) is 2.02. The van der Waals surface area contributed by atoms with Gasteiger partial charge in [-0.2, -0.15) is 0 Å². The SMILES string of the molecule is Nc1ccc(-c2ccnc(C=CCCNC(=O)O)c2)c(N)c1. The Balaban J connectivity index is 2.09. The summed E-state index contributed by atoms with van der Waals surface area (Å²) < 4.78 is 0. The van der Waals surface area contributed by atoms with E-state index in [2.05, 4.69) is 10.3 Å². The lowest BCUT2D eigenvalue weighted by molar-refractivity contribution is 0.194. The second-order valence-corrected chi connectivity index (χ2v) is 4.74. The third-order valence-corrected chi connectivity index (χ3v) is 3.04. The molecule has 0 atom stereocenters. The van der Waals surface area contributed by atoms with Crippen molar-refractivity contribution in [1.82, 2.24) is 10.3 Å². The zero-order valence-corrected chi connectivity index (χ0v) is 12.0. The molecule has 114 valence electrons. The Hall–Kier alpha value is -3.02. The van der Waals surface area contributed by atoms with Gasteiger partial charge >= 0.3 is 6.09 Å². The number of hydrogen-bond donors (Lipinski definition) is 4. The molecular weight excluding hydrogens is 280 g/mol. The van der Waals surface area contributed by atoms with Crippen molar-refractivity contribution in [2.24, 2.45) is 0 Å². The zero-order chi connectivity index (χ0) is 15.9. The van der Waals surface area contributed by atoms with Crippen molar-refractivity contribution < 1.29 is 9.90 Å². The highest BCUT2D eigenvalue weighted by Crippen LogP contribution is 2.27. The van der Waals surface area contributed by atoms with E-state index < -0.39 is 6.09 Å². The van der Waals surface area contributed by atoms with Gasteiger partial charge in [0.05, 0.1) is 5.69 Å². The summed E-state index contributed by atoms with van der Waals surface area (Å²) in [6, 6.07) is 9.21. The Morgan fingerprint density at radius 3 is 2.82 bits per heavy atom. The van der Waals surface area contributed by atoms with Crippen LogP contribution in [0, 0.1) is 0 Å². The summed E-state index contributed by atoms with van der Waals surface area (Å²) >= 11 is 0. The highest BCUT2D eigenvalue weighted by atomic mass is 16.4. The minimum atomic E-state index is -1.02. The Morgan fingerprint density at radius 1 is 1.27 bits per heavy atom. The zero-order valence-electron chi connectivity index (χ0n) is 12.0. The topological polar surface area (TPSA) is 114 Å². The average molecular weight is 298 g/mol. The monoisotopic (exact) mass is 298 g/mol. The Bertz CT molecular complexity index is 698. The van der Waals surface area contributed by atoms with Crippen molar-refractivity contribution in [3.05, 3.63) is 48.3 Å². The van der Waals surface area contributed by atoms with Crippen molar-refractivity contribution >= 4 is 23.5 Å². The maximum Gasteiger partial charge on any atom is 0.404 e. The molecule has 0 aliphatic rings. The van der Waals surface area contributed by atoms with Gasteiger partial charge in [-0.3, -0.25) is 4.98 Å². The van der Waals surface area contributed by atoms with Crippen molar-refractivity contribution in [2.75, 3.05) is 18.0 Å². The summed E-state index contributed by atoms with van der Waals surface area (Å²) in [5.74, 6) is 0. The molecule has 6 N–H and O–H groups in total. The number of nitrogen functional groups attached to an aromatic ring is 2. The lowest BCUT2D eigenvalue weighted by Gasteiger charge is -2.07. The third-order valence-electron chi connectivity index (χ3n) is 3.04. The summed E-state index contributed by atoms with van der Waals surface area (Å²) in [5.41, 5.74) is 15.6. The van der Waals surface area contributed by atoms with E-state index in [1.165, 1.54) is 0 Å². The summed E-state index contributed by atoms with van der Waals surface area (Å²) in [4.78, 5) is 14.6. The van der Waals surface area contributed by atoms with Crippen LogP contribution in [0.25, 0.3) is 17.2 Å². The van der Waals surface area contributed by atoms with E-state index >= 15 is 0 Å². The van der Waals surface area contributed by atoms with Gasteiger partial charge in [0.2, 0.25) is 0 Å². The summed E-state index contributed by atoms with van der Waals surface area (Å²) in [6.45, 7) is 0.371. The molecule has 1 aromatic carbocycles. The number of hydrogen-bond acceptors (Lipinski definition) is 4. The first-order valence-corrected chi connectivity index (χ1v) is 6.81. The van der Waals surface area contributed by atoms with Crippen molar-refractivity contribution in [2.45, 2.75) is 6.42 Å². The van der Waals surface area contributed by atoms with Gasteiger partial charge in [-0.05, 0) is 42.3 Å². The third kappa shape index (κ3) is 4.24. The fourth-order valence-electron chi connectivity index (χ4n) is 2.02. The van der Waals surface area contributed by atoms with E-state index in [9.17, 15) is 4.79 Å². The number of amides is 1. The van der Waals surface area contributed by atoms with Gasteiger partial charge < -0.3 is 21.9 Å². The van der Waals surface area contributed by atoms with E-state index in [0.29, 0.717) is 24.3 Å². The van der Waals surface area contributed by atoms with E-state index in [-0.39, 0.29) is 0 Å². The predicted octanol–water partition coefficient (Wildman–Crippen LogP) is 2.58. The largest absolute Gasteiger partial charge is 0.465 e. The van der Waals surface area contributed by atoms with Crippen LogP contribution in [0.3, 0.4) is 0 Å². The molecule has 2 aromatic rings. The average Bonchev–Trinajstić information content (AvgIpc) is 2.47. The Labute approximate surface area is 128 Å². The molecule has 0 radical (unpaired) electrons. The van der Waals surface area contributed by atoms with Crippen LogP contribution in [-0.2, 0) is 0 Å². The van der Waals surface area contributed by atoms with Crippen LogP contribution in [0.4, 0.5) is 16.2 Å². The highest BCUT2D eigenvalue weighted by Gasteiger charge is 2.03. The second-order valence-electron chi connectivity index (χ2n) is 4.74. The quantitative estimate of drug-likeness (QED) is 0.500. The van der Waals surface area contributed by atoms with Crippen LogP contribution in [0.1, 0.15) is 12.1 Å². The van der Waals surface area contributed by atoms with Crippen LogP contribution in [0.2, 0.25) is 0 Å². The van der Waals surface area contributed by atoms with Crippen LogP contribution in [0.15, 0.2) is 42.6 Å². The molecule has 2 rings (SSSR count). The summed E-state index contributed by atoms with van der Waals surface area (Å²) in [5, 5.41) is 10.8. The van der Waals surface area contributed by atoms with E-state index in [4.69, 9.17) is 16.6 Å². The normalized spacial score (nSPS) is 10.7. The number of carbonyl (C=O) groups is 1. The number of rotatable bonds is 5. The molecule has 1 heterocycles. The molecule has 0 unspecified atom stereocenters. The molecule has 1 aromatic heterocycles. The van der Waals surface area contributed by atoms with Gasteiger partial charge in [-0.15, -0.1) is 0 Å². The number of nitrogens with one attached hydrogen (secondary N) is 1. The second kappa shape index (κ2) is 7.12. The molecule has 0 aliphatic carbocycles. The molecule has 6 nitrogen and oxygen atoms in total. The number of anilines is 2. The Kier molecular flexibility index (Phi) is 4.98. The van der Waals surface area contributed by atoms with Gasteiger partial charge in [0.15, 0.2) is 0 Å². The number of nitrogens with zero attached hydrogens (tertiary/aromatic N) is 1. The van der Waals surface area contributed by atoms with Gasteiger partial charge in [0.25, 0.3) is 0 Å². The molecule has 6 heteroatoms. The van der Waals surface area contributed by atoms with Crippen molar-refractivity contribution in [1.29, 1.82) is 0 Å². The smallest absolute Gasteiger partial charge is 0.404 e. The first kappa shape index (κ1) is 15.4. The van der Waals surface area contributed by atoms with Crippen molar-refractivity contribution in [3.63, 3.8) is 0 Å². The van der Waals surface area contributed by atoms with E-state index in [1.807, 2.05) is 30.4 Å². The lowest BCUT2D eigenvalue weighted by atomic mass is 10.0. The molecular formula is C16H18N4O2. The van der Waals surface area contributed by atoms with Gasteiger partial charge in [0.1, 0.15) is 0 Å². The standard InChI is InChI=1S/C16H18N4O2/c17-12-4-5-14(15(18)10-12)11-6-8-19-13(9-11)3-1-2-7-20-16(21)22/h1,3-6,8-10,20H,2,7,17-18H2,(H,21,22). The van der Waals surface area contributed by atoms with Crippen LogP contribution in [0.5, 0.6) is 0 Å². The number of carboxylic acid groups (broad SMARTS) is 1. The molecule has 0 aliphatic heterocycles. The lowest BCUT2D eigenvalue weighted by Crippen LogP contribution is -2.21. The highest BCUT2D eigenvalue weighted by molar-refractivity contribution is 5.79. The van der Waals surface area contributed by atoms with Gasteiger partial charge in [0, 0.05) is 29.7 Å². The van der Waals surface area contributed by atoms with Gasteiger partial charge in [-0.25, -0.2) is 4.79 Å². The molecule has 0 bridgehead atoms. The molecule has 0 spiro atoms. The van der Waals surface area contributed by atoms with Crippen LogP contribution >= 0.6 is 0 Å². The first-order valence-electron chi connectivity index (χ1n) is 6.81. The van der Waals surface area contributed by atoms with E-state index in [0.717, 1.165) is 16.8 Å². The predicted molar refractivity (Wildman–Crippen MR) is 88.2 cm³/mol. The Morgan fingerprint density at radius 2 is 2.09 bits per heavy atom. The fraction of sp³-hybridized carbons (Fsp3) is 0.125. The van der Waals surface area contributed by atoms with Gasteiger partial charge in [-0.1, -0.05) is 12.1 Å². The van der Waals surface area contributed by atoms with Crippen LogP contribution < -0.4 is 16.8 Å². The summed E-state index contributed by atoms with van der Waals surface area (Å²) in [6.07, 6.45) is 5.00. The number of pyridine rings is 1. The number of aromatic nitrogens is 1. The first-order chi connectivity index (χ1) is 10.6. The molecule has 0 fully saturated rings. The molecule has 0 saturated heterocycles. The number of benzene rings is 1. The minimum absolute atomic E-state index is 0.371. The minimum Gasteiger partial charge on any atom is -0.465 e. The molecule has 0 saturated carbocycles. The van der Waals surface area contributed by atoms with Crippen molar-refractivity contribution in [3.8, 4) is 11.1 Å².